The van der Waals surface area contributed by atoms with E-state index in [-0.39, 0.29) is 11.9 Å². The lowest BCUT2D eigenvalue weighted by molar-refractivity contribution is -0.121. The Kier molecular flexibility index (Phi) is 4.65. The smallest absolute Gasteiger partial charge is 0.242 e. The molecule has 0 radical (unpaired) electrons. The highest BCUT2D eigenvalue weighted by molar-refractivity contribution is 7.80. The van der Waals surface area contributed by atoms with Crippen LogP contribution in [-0.4, -0.2) is 29.1 Å². The predicted octanol–water partition coefficient (Wildman–Crippen LogP) is 0.502. The fraction of sp³-hybridized carbons (Fsp3) is 0.300. The third-order valence-corrected chi connectivity index (χ3v) is 2.13. The number of nitrogens with zero attached hydrogens (tertiary/aromatic N) is 1. The molecule has 1 atom stereocenters. The van der Waals surface area contributed by atoms with Crippen LogP contribution < -0.4 is 16.0 Å². The van der Waals surface area contributed by atoms with Crippen LogP contribution in [0.15, 0.2) is 24.5 Å². The van der Waals surface area contributed by atoms with E-state index in [4.69, 9.17) is 12.2 Å². The molecule has 1 heterocycles. The highest BCUT2D eigenvalue weighted by Crippen LogP contribution is 2.02. The Bertz CT molecular complexity index is 368. The summed E-state index contributed by atoms with van der Waals surface area (Å²) in [5.74, 6) is -0.115. The van der Waals surface area contributed by atoms with Gasteiger partial charge in [0.15, 0.2) is 5.11 Å². The van der Waals surface area contributed by atoms with Gasteiger partial charge < -0.3 is 16.0 Å². The van der Waals surface area contributed by atoms with E-state index in [1.54, 1.807) is 32.4 Å². The highest BCUT2D eigenvalue weighted by atomic mass is 32.1. The molecular weight excluding hydrogens is 224 g/mol. The Morgan fingerprint density at radius 3 is 2.88 bits per heavy atom. The van der Waals surface area contributed by atoms with Gasteiger partial charge in [-0.3, -0.25) is 9.78 Å². The highest BCUT2D eigenvalue weighted by Gasteiger charge is 2.11. The standard InChI is InChI=1S/C10H14N4OS/c1-7(9(15)11-2)13-10(16)14-8-4-3-5-12-6-8/h3-7H,1-2H3,(H,11,15)(H2,13,14,16)/t7-/m0/s1. The molecule has 1 aromatic rings. The number of hydrogen-bond donors (Lipinski definition) is 3. The van der Waals surface area contributed by atoms with E-state index in [9.17, 15) is 4.79 Å². The van der Waals surface area contributed by atoms with Gasteiger partial charge in [-0.15, -0.1) is 0 Å². The summed E-state index contributed by atoms with van der Waals surface area (Å²) in [6.45, 7) is 1.73. The maximum atomic E-state index is 11.2. The Morgan fingerprint density at radius 1 is 1.56 bits per heavy atom. The van der Waals surface area contributed by atoms with Crippen molar-refractivity contribution in [2.24, 2.45) is 0 Å². The molecule has 0 fully saturated rings. The number of likely N-dealkylation sites (N-methyl/N-ethyl adjacent to an activating group) is 1. The lowest BCUT2D eigenvalue weighted by atomic mass is 10.3. The van der Waals surface area contributed by atoms with E-state index in [0.717, 1.165) is 5.69 Å². The van der Waals surface area contributed by atoms with E-state index in [0.29, 0.717) is 5.11 Å². The summed E-state index contributed by atoms with van der Waals surface area (Å²) in [7, 11) is 1.58. The van der Waals surface area contributed by atoms with Gasteiger partial charge in [0.25, 0.3) is 0 Å². The largest absolute Gasteiger partial charge is 0.357 e. The molecule has 0 aliphatic rings. The van der Waals surface area contributed by atoms with E-state index < -0.39 is 0 Å². The van der Waals surface area contributed by atoms with Gasteiger partial charge in [0.05, 0.1) is 11.9 Å². The second-order valence-corrected chi connectivity index (χ2v) is 3.58. The molecule has 0 unspecified atom stereocenters. The molecule has 0 bridgehead atoms. The third-order valence-electron chi connectivity index (χ3n) is 1.91. The zero-order valence-corrected chi connectivity index (χ0v) is 9.97. The molecule has 0 aliphatic carbocycles. The lowest BCUT2D eigenvalue weighted by Gasteiger charge is -2.15. The van der Waals surface area contributed by atoms with Crippen LogP contribution in [0.25, 0.3) is 0 Å². The van der Waals surface area contributed by atoms with Gasteiger partial charge in [-0.1, -0.05) is 0 Å². The van der Waals surface area contributed by atoms with Crippen molar-refractivity contribution in [3.8, 4) is 0 Å². The molecule has 1 rings (SSSR count). The van der Waals surface area contributed by atoms with Gasteiger partial charge in [0.2, 0.25) is 5.91 Å². The molecule has 1 aromatic heterocycles. The van der Waals surface area contributed by atoms with Gasteiger partial charge in [-0.05, 0) is 31.3 Å². The fourth-order valence-electron chi connectivity index (χ4n) is 1.08. The molecule has 3 N–H and O–H groups in total. The number of pyridine rings is 1. The maximum absolute atomic E-state index is 11.2. The molecule has 16 heavy (non-hydrogen) atoms. The second-order valence-electron chi connectivity index (χ2n) is 3.18. The molecule has 0 saturated carbocycles. The van der Waals surface area contributed by atoms with Crippen LogP contribution in [0.3, 0.4) is 0 Å². The molecule has 0 spiro atoms. The first-order chi connectivity index (χ1) is 7.63. The van der Waals surface area contributed by atoms with Gasteiger partial charge in [-0.2, -0.15) is 0 Å². The average Bonchev–Trinajstić information content (AvgIpc) is 2.29. The number of hydrogen-bond acceptors (Lipinski definition) is 3. The molecule has 0 saturated heterocycles. The molecule has 6 heteroatoms. The summed E-state index contributed by atoms with van der Waals surface area (Å²) < 4.78 is 0. The van der Waals surface area contributed by atoms with Crippen molar-refractivity contribution in [2.45, 2.75) is 13.0 Å². The molecule has 1 amide bonds. The lowest BCUT2D eigenvalue weighted by Crippen LogP contribution is -2.45. The van der Waals surface area contributed by atoms with Gasteiger partial charge in [-0.25, -0.2) is 0 Å². The van der Waals surface area contributed by atoms with Crippen molar-refractivity contribution in [1.82, 2.24) is 15.6 Å². The topological polar surface area (TPSA) is 66.1 Å². The van der Waals surface area contributed by atoms with Gasteiger partial charge in [0.1, 0.15) is 6.04 Å². The summed E-state index contributed by atoms with van der Waals surface area (Å²) in [6.07, 6.45) is 3.33. The Balaban J connectivity index is 2.45. The van der Waals surface area contributed by atoms with Crippen LogP contribution in [-0.2, 0) is 4.79 Å². The zero-order chi connectivity index (χ0) is 12.0. The quantitative estimate of drug-likeness (QED) is 0.669. The summed E-state index contributed by atoms with van der Waals surface area (Å²) in [5, 5.41) is 8.71. The number of carbonyl (C=O) groups is 1. The molecule has 5 nitrogen and oxygen atoms in total. The first kappa shape index (κ1) is 12.4. The number of anilines is 1. The Hall–Kier alpha value is -1.69. The molecule has 0 aliphatic heterocycles. The third kappa shape index (κ3) is 3.82. The molecular formula is C10H14N4OS. The van der Waals surface area contributed by atoms with E-state index in [2.05, 4.69) is 20.9 Å². The first-order valence-electron chi connectivity index (χ1n) is 4.82. The minimum atomic E-state index is -0.373. The van der Waals surface area contributed by atoms with Crippen LogP contribution in [0, 0.1) is 0 Å². The van der Waals surface area contributed by atoms with Crippen molar-refractivity contribution in [2.75, 3.05) is 12.4 Å². The number of aromatic nitrogens is 1. The van der Waals surface area contributed by atoms with Gasteiger partial charge in [0, 0.05) is 13.2 Å². The minimum Gasteiger partial charge on any atom is -0.357 e. The van der Waals surface area contributed by atoms with E-state index in [1.807, 2.05) is 6.07 Å². The number of amides is 1. The maximum Gasteiger partial charge on any atom is 0.242 e. The van der Waals surface area contributed by atoms with Crippen LogP contribution in [0.1, 0.15) is 6.92 Å². The number of rotatable bonds is 3. The van der Waals surface area contributed by atoms with Crippen molar-refractivity contribution < 1.29 is 4.79 Å². The monoisotopic (exact) mass is 238 g/mol. The minimum absolute atomic E-state index is 0.115. The van der Waals surface area contributed by atoms with Crippen LogP contribution in [0.4, 0.5) is 5.69 Å². The fourth-order valence-corrected chi connectivity index (χ4v) is 1.38. The zero-order valence-electron chi connectivity index (χ0n) is 9.15. The summed E-state index contributed by atoms with van der Waals surface area (Å²) >= 11 is 5.05. The van der Waals surface area contributed by atoms with Crippen LogP contribution >= 0.6 is 12.2 Å². The molecule has 86 valence electrons. The van der Waals surface area contributed by atoms with Crippen molar-refractivity contribution >= 4 is 28.9 Å². The summed E-state index contributed by atoms with van der Waals surface area (Å²) in [4.78, 5) is 15.2. The SMILES string of the molecule is CNC(=O)[C@H](C)NC(=S)Nc1cccnc1. The van der Waals surface area contributed by atoms with Gasteiger partial charge >= 0.3 is 0 Å². The average molecular weight is 238 g/mol. The van der Waals surface area contributed by atoms with Crippen LogP contribution in [0.5, 0.6) is 0 Å². The number of nitrogens with one attached hydrogen (secondary N) is 3. The van der Waals surface area contributed by atoms with E-state index >= 15 is 0 Å². The van der Waals surface area contributed by atoms with E-state index in [1.165, 1.54) is 0 Å². The first-order valence-corrected chi connectivity index (χ1v) is 5.23. The number of carbonyl (C=O) groups excluding carboxylic acids is 1. The normalized spacial score (nSPS) is 11.4. The van der Waals surface area contributed by atoms with Crippen molar-refractivity contribution in [1.29, 1.82) is 0 Å². The second kappa shape index (κ2) is 6.02. The van der Waals surface area contributed by atoms with Crippen molar-refractivity contribution in [3.05, 3.63) is 24.5 Å². The number of thiocarbonyl (C=S) groups is 1. The summed E-state index contributed by atoms with van der Waals surface area (Å²) in [6, 6.07) is 3.26. The Morgan fingerprint density at radius 2 is 2.31 bits per heavy atom. The Labute approximate surface area is 99.6 Å². The van der Waals surface area contributed by atoms with Crippen LogP contribution in [0.2, 0.25) is 0 Å². The molecule has 0 aromatic carbocycles. The predicted molar refractivity (Wildman–Crippen MR) is 67.1 cm³/mol. The summed E-state index contributed by atoms with van der Waals surface area (Å²) in [5.41, 5.74) is 0.782. The van der Waals surface area contributed by atoms with Crippen molar-refractivity contribution in [3.63, 3.8) is 0 Å².